The molecule has 3 aromatic rings. The molecule has 0 bridgehead atoms. The predicted molar refractivity (Wildman–Crippen MR) is 111 cm³/mol. The number of hydrogen-bond acceptors (Lipinski definition) is 3. The van der Waals surface area contributed by atoms with Crippen LogP contribution in [0.1, 0.15) is 34.7 Å². The highest BCUT2D eigenvalue weighted by molar-refractivity contribution is 6.30. The molecule has 3 heterocycles. The number of aromatic amines is 1. The number of amides is 1. The summed E-state index contributed by atoms with van der Waals surface area (Å²) in [6.45, 7) is 3.25. The molecule has 2 fully saturated rings. The Morgan fingerprint density at radius 2 is 2.03 bits per heavy atom. The van der Waals surface area contributed by atoms with E-state index in [1.54, 1.807) is 12.3 Å². The molecule has 2 aromatic carbocycles. The summed E-state index contributed by atoms with van der Waals surface area (Å²) in [6.07, 6.45) is 3.78. The lowest BCUT2D eigenvalue weighted by Gasteiger charge is -2.46. The Bertz CT molecular complexity index is 1070. The van der Waals surface area contributed by atoms with Gasteiger partial charge in [-0.2, -0.15) is 5.10 Å². The lowest BCUT2D eigenvalue weighted by Crippen LogP contribution is -2.57. The van der Waals surface area contributed by atoms with Gasteiger partial charge in [0.25, 0.3) is 5.91 Å². The lowest BCUT2D eigenvalue weighted by atomic mass is 9.86. The number of halogens is 2. The second-order valence-electron chi connectivity index (χ2n) is 8.02. The number of piperazine rings is 1. The van der Waals surface area contributed by atoms with E-state index in [1.165, 1.54) is 6.07 Å². The fourth-order valence-electron chi connectivity index (χ4n) is 4.66. The van der Waals surface area contributed by atoms with E-state index in [0.29, 0.717) is 17.5 Å². The van der Waals surface area contributed by atoms with Gasteiger partial charge >= 0.3 is 0 Å². The van der Waals surface area contributed by atoms with E-state index in [1.807, 2.05) is 29.2 Å². The number of H-pyrrole nitrogens is 1. The fourth-order valence-corrected chi connectivity index (χ4v) is 4.85. The van der Waals surface area contributed by atoms with Gasteiger partial charge in [-0.1, -0.05) is 17.7 Å². The molecule has 1 aromatic heterocycles. The number of rotatable bonds is 2. The largest absolute Gasteiger partial charge is 0.336 e. The summed E-state index contributed by atoms with van der Waals surface area (Å²) >= 11 is 5.97. The fraction of sp³-hybridized carbons (Fsp3) is 0.364. The smallest absolute Gasteiger partial charge is 0.253 e. The molecule has 2 aliphatic heterocycles. The minimum atomic E-state index is -0.371. The van der Waals surface area contributed by atoms with E-state index in [9.17, 15) is 9.18 Å². The van der Waals surface area contributed by atoms with Crippen LogP contribution in [0.2, 0.25) is 5.02 Å². The minimum absolute atomic E-state index is 0.0835. The van der Waals surface area contributed by atoms with Gasteiger partial charge in [0.2, 0.25) is 0 Å². The number of carbonyl (C=O) groups is 1. The molecule has 2 aliphatic rings. The van der Waals surface area contributed by atoms with Gasteiger partial charge in [0.05, 0.1) is 16.7 Å². The Hall–Kier alpha value is -2.44. The average molecular weight is 413 g/mol. The minimum Gasteiger partial charge on any atom is -0.336 e. The van der Waals surface area contributed by atoms with Gasteiger partial charge in [0.1, 0.15) is 5.82 Å². The summed E-state index contributed by atoms with van der Waals surface area (Å²) in [5, 5.41) is 8.08. The van der Waals surface area contributed by atoms with Gasteiger partial charge < -0.3 is 4.90 Å². The lowest BCUT2D eigenvalue weighted by molar-refractivity contribution is 0.0329. The SMILES string of the molecule is O=C(c1ccc2[nH]ncc2c1)N1CCN2C[C@@H](c3ccc(F)c(Cl)c3)CC[C@@H]2C1. The van der Waals surface area contributed by atoms with Crippen molar-refractivity contribution in [2.24, 2.45) is 0 Å². The van der Waals surface area contributed by atoms with E-state index >= 15 is 0 Å². The second-order valence-corrected chi connectivity index (χ2v) is 8.43. The van der Waals surface area contributed by atoms with Gasteiger partial charge in [-0.25, -0.2) is 4.39 Å². The zero-order valence-corrected chi connectivity index (χ0v) is 16.7. The average Bonchev–Trinajstić information content (AvgIpc) is 3.22. The molecule has 0 spiro atoms. The molecule has 0 saturated carbocycles. The number of hydrogen-bond donors (Lipinski definition) is 1. The van der Waals surface area contributed by atoms with E-state index in [4.69, 9.17) is 11.6 Å². The Labute approximate surface area is 173 Å². The van der Waals surface area contributed by atoms with Crippen molar-refractivity contribution in [2.45, 2.75) is 24.8 Å². The molecule has 0 radical (unpaired) electrons. The van der Waals surface area contributed by atoms with Crippen molar-refractivity contribution in [1.29, 1.82) is 0 Å². The molecular weight excluding hydrogens is 391 g/mol. The third-order valence-corrected chi connectivity index (χ3v) is 6.59. The van der Waals surface area contributed by atoms with Crippen LogP contribution in [-0.2, 0) is 0 Å². The first-order chi connectivity index (χ1) is 14.1. The molecule has 2 saturated heterocycles. The first-order valence-corrected chi connectivity index (χ1v) is 10.4. The maximum Gasteiger partial charge on any atom is 0.253 e. The molecule has 0 aliphatic carbocycles. The van der Waals surface area contributed by atoms with Gasteiger partial charge in [0.15, 0.2) is 0 Å². The quantitative estimate of drug-likeness (QED) is 0.690. The van der Waals surface area contributed by atoms with Crippen LogP contribution in [0.15, 0.2) is 42.6 Å². The monoisotopic (exact) mass is 412 g/mol. The standard InChI is InChI=1S/C22H22ClFN4O/c23-19-10-14(2-5-20(19)24)16-1-4-18-13-28(8-7-27(18)12-16)22(29)15-3-6-21-17(9-15)11-25-26-21/h2-3,5-6,9-11,16,18H,1,4,7-8,12-13H2,(H,25,26)/t16-,18+/m0/s1. The molecule has 1 amide bonds. The predicted octanol–water partition coefficient (Wildman–Crippen LogP) is 4.06. The van der Waals surface area contributed by atoms with Crippen molar-refractivity contribution in [3.05, 3.63) is 64.6 Å². The molecule has 2 atom stereocenters. The number of carbonyl (C=O) groups excluding carboxylic acids is 1. The van der Waals surface area contributed by atoms with Crippen molar-refractivity contribution in [2.75, 3.05) is 26.2 Å². The number of aromatic nitrogens is 2. The molecule has 0 unspecified atom stereocenters. The van der Waals surface area contributed by atoms with E-state index < -0.39 is 0 Å². The van der Waals surface area contributed by atoms with E-state index in [-0.39, 0.29) is 16.7 Å². The summed E-state index contributed by atoms with van der Waals surface area (Å²) in [4.78, 5) is 17.5. The molecule has 7 heteroatoms. The maximum atomic E-state index is 13.5. The Morgan fingerprint density at radius 1 is 1.14 bits per heavy atom. The van der Waals surface area contributed by atoms with Crippen LogP contribution in [0, 0.1) is 5.82 Å². The Kier molecular flexibility index (Phi) is 4.76. The number of piperidine rings is 1. The molecule has 5 nitrogen and oxygen atoms in total. The van der Waals surface area contributed by atoms with E-state index in [2.05, 4.69) is 15.1 Å². The molecule has 5 rings (SSSR count). The highest BCUT2D eigenvalue weighted by Crippen LogP contribution is 2.33. The topological polar surface area (TPSA) is 52.2 Å². The first-order valence-electron chi connectivity index (χ1n) is 10.00. The normalized spacial score (nSPS) is 22.6. The molecule has 29 heavy (non-hydrogen) atoms. The van der Waals surface area contributed by atoms with Crippen LogP contribution in [-0.4, -0.2) is 58.1 Å². The summed E-state index contributed by atoms with van der Waals surface area (Å²) in [5.74, 6) is 0.0696. The second kappa shape index (κ2) is 7.43. The first kappa shape index (κ1) is 18.6. The molecular formula is C22H22ClFN4O. The summed E-state index contributed by atoms with van der Waals surface area (Å²) in [6, 6.07) is 11.1. The summed E-state index contributed by atoms with van der Waals surface area (Å²) in [5.41, 5.74) is 2.74. The van der Waals surface area contributed by atoms with Crippen LogP contribution in [0.3, 0.4) is 0 Å². The zero-order valence-electron chi connectivity index (χ0n) is 15.9. The van der Waals surface area contributed by atoms with Crippen LogP contribution < -0.4 is 0 Å². The number of nitrogens with zero attached hydrogens (tertiary/aromatic N) is 3. The van der Waals surface area contributed by atoms with E-state index in [0.717, 1.165) is 55.5 Å². The van der Waals surface area contributed by atoms with Gasteiger partial charge in [-0.15, -0.1) is 0 Å². The zero-order chi connectivity index (χ0) is 20.0. The maximum absolute atomic E-state index is 13.5. The number of benzene rings is 2. The summed E-state index contributed by atoms with van der Waals surface area (Å²) in [7, 11) is 0. The molecule has 150 valence electrons. The molecule has 1 N–H and O–H groups in total. The Morgan fingerprint density at radius 3 is 2.90 bits per heavy atom. The summed E-state index contributed by atoms with van der Waals surface area (Å²) < 4.78 is 13.5. The van der Waals surface area contributed by atoms with Crippen LogP contribution in [0.4, 0.5) is 4.39 Å². The van der Waals surface area contributed by atoms with Gasteiger partial charge in [-0.05, 0) is 54.7 Å². The van der Waals surface area contributed by atoms with Crippen molar-refractivity contribution in [3.8, 4) is 0 Å². The van der Waals surface area contributed by atoms with Crippen molar-refractivity contribution in [3.63, 3.8) is 0 Å². The highest BCUT2D eigenvalue weighted by atomic mass is 35.5. The number of fused-ring (bicyclic) bond motifs is 2. The van der Waals surface area contributed by atoms with Crippen molar-refractivity contribution in [1.82, 2.24) is 20.0 Å². The number of nitrogens with one attached hydrogen (secondary N) is 1. The van der Waals surface area contributed by atoms with Crippen LogP contribution in [0.25, 0.3) is 10.9 Å². The third kappa shape index (κ3) is 3.51. The van der Waals surface area contributed by atoms with Gasteiger partial charge in [-0.3, -0.25) is 14.8 Å². The third-order valence-electron chi connectivity index (χ3n) is 6.30. The van der Waals surface area contributed by atoms with Crippen molar-refractivity contribution < 1.29 is 9.18 Å². The van der Waals surface area contributed by atoms with Crippen molar-refractivity contribution >= 4 is 28.4 Å². The highest BCUT2D eigenvalue weighted by Gasteiger charge is 2.35. The van der Waals surface area contributed by atoms with Gasteiger partial charge in [0, 0.05) is 43.2 Å². The Balaban J connectivity index is 1.26. The van der Waals surface area contributed by atoms with Crippen LogP contribution in [0.5, 0.6) is 0 Å². The van der Waals surface area contributed by atoms with Crippen LogP contribution >= 0.6 is 11.6 Å².